The Morgan fingerprint density at radius 3 is 2.72 bits per heavy atom. The third kappa shape index (κ3) is 1.51. The Kier molecular flexibility index (Phi) is 2.24. The highest BCUT2D eigenvalue weighted by atomic mass is 16.3. The first kappa shape index (κ1) is 10.7. The van der Waals surface area contributed by atoms with Crippen LogP contribution in [-0.4, -0.2) is 14.7 Å². The number of hydrogen-bond acceptors (Lipinski definition) is 2. The van der Waals surface area contributed by atoms with E-state index in [0.717, 1.165) is 28.0 Å². The van der Waals surface area contributed by atoms with Gasteiger partial charge in [-0.15, -0.1) is 0 Å². The molecule has 0 atom stereocenters. The summed E-state index contributed by atoms with van der Waals surface area (Å²) in [6, 6.07) is 15.1. The van der Waals surface area contributed by atoms with E-state index in [9.17, 15) is 5.11 Å². The molecule has 1 heterocycles. The van der Waals surface area contributed by atoms with Crippen LogP contribution in [0.15, 0.2) is 30.3 Å². The summed E-state index contributed by atoms with van der Waals surface area (Å²) in [5.41, 5.74) is 3.93. The van der Waals surface area contributed by atoms with Gasteiger partial charge in [-0.2, -0.15) is 0 Å². The van der Waals surface area contributed by atoms with E-state index in [0.29, 0.717) is 0 Å². The number of aromatic hydroxyl groups is 1. The highest BCUT2D eigenvalue weighted by molar-refractivity contribution is 5.92. The van der Waals surface area contributed by atoms with E-state index in [1.807, 2.05) is 38.2 Å². The van der Waals surface area contributed by atoms with Crippen molar-refractivity contribution in [1.29, 1.82) is 0 Å². The Morgan fingerprint density at radius 1 is 1.17 bits per heavy atom. The van der Waals surface area contributed by atoms with Crippen molar-refractivity contribution >= 4 is 11.0 Å². The minimum Gasteiger partial charge on any atom is -0.501 e. The number of rotatable bonds is 1. The molecule has 1 aromatic heterocycles. The van der Waals surface area contributed by atoms with Gasteiger partial charge in [0.15, 0.2) is 5.75 Å². The fraction of sp³-hybridized carbons (Fsp3) is 0.133. The Balaban J connectivity index is 2.29. The van der Waals surface area contributed by atoms with Crippen LogP contribution in [0.2, 0.25) is 0 Å². The van der Waals surface area contributed by atoms with Crippen LogP contribution in [0.3, 0.4) is 0 Å². The number of nitrogens with zero attached hydrogens (tertiary/aromatic N) is 2. The number of hydrogen-bond donors (Lipinski definition) is 1. The molecule has 3 aromatic rings. The lowest BCUT2D eigenvalue weighted by atomic mass is 10.1. The molecular formula is C15H12N2O. The molecule has 2 aromatic carbocycles. The molecule has 0 aliphatic heterocycles. The van der Waals surface area contributed by atoms with Gasteiger partial charge < -0.3 is 9.67 Å². The third-order valence-electron chi connectivity index (χ3n) is 3.16. The monoisotopic (exact) mass is 236 g/mol. The quantitative estimate of drug-likeness (QED) is 0.705. The molecule has 0 bridgehead atoms. The first-order valence-electron chi connectivity index (χ1n) is 5.72. The third-order valence-corrected chi connectivity index (χ3v) is 3.16. The molecule has 18 heavy (non-hydrogen) atoms. The van der Waals surface area contributed by atoms with Gasteiger partial charge in [-0.1, -0.05) is 18.2 Å². The molecular weight excluding hydrogens is 224 g/mol. The fourth-order valence-corrected chi connectivity index (χ4v) is 2.08. The SMILES string of the molecule is Cc1nc2c(-c3c#cc(O)cc3)cccc2n1C. The van der Waals surface area contributed by atoms with Crippen LogP contribution in [0.25, 0.3) is 22.2 Å². The zero-order valence-electron chi connectivity index (χ0n) is 10.2. The van der Waals surface area contributed by atoms with Gasteiger partial charge in [0.05, 0.1) is 11.0 Å². The van der Waals surface area contributed by atoms with E-state index >= 15 is 0 Å². The number of aromatic nitrogens is 2. The number of benzene rings is 1. The van der Waals surface area contributed by atoms with Gasteiger partial charge in [0.1, 0.15) is 5.82 Å². The average molecular weight is 236 g/mol. The van der Waals surface area contributed by atoms with E-state index in [1.165, 1.54) is 0 Å². The highest BCUT2D eigenvalue weighted by Gasteiger charge is 2.09. The zero-order valence-corrected chi connectivity index (χ0v) is 10.2. The topological polar surface area (TPSA) is 38.1 Å². The summed E-state index contributed by atoms with van der Waals surface area (Å²) in [5.74, 6) is 1.07. The summed E-state index contributed by atoms with van der Waals surface area (Å²) >= 11 is 0. The number of fused-ring (bicyclic) bond motifs is 1. The Bertz CT molecular complexity index is 711. The number of imidazole rings is 1. The lowest BCUT2D eigenvalue weighted by molar-refractivity contribution is 0.475. The van der Waals surface area contributed by atoms with Crippen LogP contribution in [0, 0.1) is 19.1 Å². The van der Waals surface area contributed by atoms with Gasteiger partial charge in [0.25, 0.3) is 0 Å². The molecule has 88 valence electrons. The van der Waals surface area contributed by atoms with E-state index in [2.05, 4.69) is 21.7 Å². The van der Waals surface area contributed by atoms with Gasteiger partial charge in [-0.25, -0.2) is 4.98 Å². The van der Waals surface area contributed by atoms with Gasteiger partial charge in [0.2, 0.25) is 0 Å². The molecule has 0 aliphatic rings. The average Bonchev–Trinajstić information content (AvgIpc) is 2.67. The standard InChI is InChI=1S/C15H12N2O/c1-10-16-15-13(4-3-5-14(15)17(10)2)11-6-8-12(18)9-7-11/h3-6,8,18H,1-2H3. The molecule has 3 heteroatoms. The molecule has 0 aliphatic carbocycles. The summed E-state index contributed by atoms with van der Waals surface area (Å²) in [5, 5.41) is 9.26. The summed E-state index contributed by atoms with van der Waals surface area (Å²) in [4.78, 5) is 4.58. The lowest BCUT2D eigenvalue weighted by Gasteiger charge is -2.01. The van der Waals surface area contributed by atoms with Crippen molar-refractivity contribution in [1.82, 2.24) is 9.55 Å². The van der Waals surface area contributed by atoms with Gasteiger partial charge in [-0.3, -0.25) is 0 Å². The van der Waals surface area contributed by atoms with E-state index in [-0.39, 0.29) is 5.75 Å². The second kappa shape index (κ2) is 3.78. The molecule has 3 nitrogen and oxygen atoms in total. The molecule has 0 saturated carbocycles. The van der Waals surface area contributed by atoms with Crippen LogP contribution in [0.5, 0.6) is 5.75 Å². The highest BCUT2D eigenvalue weighted by Crippen LogP contribution is 2.27. The molecule has 0 radical (unpaired) electrons. The maximum absolute atomic E-state index is 9.26. The molecule has 0 unspecified atom stereocenters. The maximum Gasteiger partial charge on any atom is 0.167 e. The second-order valence-corrected chi connectivity index (χ2v) is 4.27. The zero-order chi connectivity index (χ0) is 12.7. The van der Waals surface area contributed by atoms with Crippen molar-refractivity contribution in [2.45, 2.75) is 6.92 Å². The van der Waals surface area contributed by atoms with Crippen molar-refractivity contribution in [3.63, 3.8) is 0 Å². The molecule has 0 amide bonds. The minimum absolute atomic E-state index is 0.100. The lowest BCUT2D eigenvalue weighted by Crippen LogP contribution is -1.89. The normalized spacial score (nSPS) is 10.6. The van der Waals surface area contributed by atoms with Crippen molar-refractivity contribution in [2.24, 2.45) is 7.05 Å². The van der Waals surface area contributed by atoms with Crippen LogP contribution in [-0.2, 0) is 7.05 Å². The predicted octanol–water partition coefficient (Wildman–Crippen LogP) is 2.85. The molecule has 1 N–H and O–H groups in total. The predicted molar refractivity (Wildman–Crippen MR) is 70.2 cm³/mol. The largest absolute Gasteiger partial charge is 0.501 e. The van der Waals surface area contributed by atoms with E-state index < -0.39 is 0 Å². The smallest absolute Gasteiger partial charge is 0.167 e. The Morgan fingerprint density at radius 2 is 2.00 bits per heavy atom. The Hall–Kier alpha value is -2.47. The van der Waals surface area contributed by atoms with Crippen molar-refractivity contribution in [2.75, 3.05) is 0 Å². The summed E-state index contributed by atoms with van der Waals surface area (Å²) in [6.07, 6.45) is 0. The van der Waals surface area contributed by atoms with Gasteiger partial charge >= 0.3 is 0 Å². The van der Waals surface area contributed by atoms with Crippen LogP contribution < -0.4 is 0 Å². The van der Waals surface area contributed by atoms with Gasteiger partial charge in [-0.05, 0) is 31.2 Å². The molecule has 3 rings (SSSR count). The van der Waals surface area contributed by atoms with Crippen molar-refractivity contribution in [3.8, 4) is 16.9 Å². The number of aryl methyl sites for hydroxylation is 2. The fourth-order valence-electron chi connectivity index (χ4n) is 2.08. The van der Waals surface area contributed by atoms with Crippen LogP contribution in [0.4, 0.5) is 0 Å². The molecule has 0 fully saturated rings. The molecule has 0 saturated heterocycles. The van der Waals surface area contributed by atoms with Crippen LogP contribution in [0.1, 0.15) is 5.82 Å². The van der Waals surface area contributed by atoms with Crippen molar-refractivity contribution in [3.05, 3.63) is 48.3 Å². The maximum atomic E-state index is 9.26. The molecule has 0 spiro atoms. The van der Waals surface area contributed by atoms with E-state index in [1.54, 1.807) is 6.07 Å². The summed E-state index contributed by atoms with van der Waals surface area (Å²) in [7, 11) is 2.00. The Labute approximate surface area is 105 Å². The number of para-hydroxylation sites is 1. The first-order chi connectivity index (χ1) is 8.66. The minimum atomic E-state index is 0.100. The summed E-state index contributed by atoms with van der Waals surface area (Å²) < 4.78 is 2.06. The first-order valence-corrected chi connectivity index (χ1v) is 5.72. The van der Waals surface area contributed by atoms with Gasteiger partial charge in [0, 0.05) is 18.2 Å². The second-order valence-electron chi connectivity index (χ2n) is 4.27. The van der Waals surface area contributed by atoms with Crippen LogP contribution >= 0.6 is 0 Å². The van der Waals surface area contributed by atoms with Crippen molar-refractivity contribution < 1.29 is 5.11 Å². The summed E-state index contributed by atoms with van der Waals surface area (Å²) in [6.45, 7) is 1.98. The van der Waals surface area contributed by atoms with E-state index in [4.69, 9.17) is 0 Å².